The molecule has 3 heterocycles. The fourth-order valence-electron chi connectivity index (χ4n) is 2.56. The van der Waals surface area contributed by atoms with Crippen LogP contribution < -0.4 is 10.6 Å². The summed E-state index contributed by atoms with van der Waals surface area (Å²) in [6.45, 7) is 1.23. The highest BCUT2D eigenvalue weighted by Crippen LogP contribution is 2.17. The predicted octanol–water partition coefficient (Wildman–Crippen LogP) is 1.32. The van der Waals surface area contributed by atoms with Crippen LogP contribution in [0.3, 0.4) is 0 Å². The molecule has 0 saturated carbocycles. The first-order valence-corrected chi connectivity index (χ1v) is 7.54. The number of carbonyl (C=O) groups excluding carboxylic acids is 2. The summed E-state index contributed by atoms with van der Waals surface area (Å²) < 4.78 is 10.6. The van der Waals surface area contributed by atoms with Gasteiger partial charge in [-0.1, -0.05) is 6.07 Å². The Hall–Kier alpha value is -1.99. The van der Waals surface area contributed by atoms with Crippen molar-refractivity contribution >= 4 is 23.5 Å². The first-order chi connectivity index (χ1) is 10.7. The van der Waals surface area contributed by atoms with E-state index in [0.717, 1.165) is 25.7 Å². The van der Waals surface area contributed by atoms with Gasteiger partial charge in [0.15, 0.2) is 0 Å². The maximum atomic E-state index is 12.0. The van der Waals surface area contributed by atoms with Crippen LogP contribution in [-0.2, 0) is 19.1 Å². The summed E-state index contributed by atoms with van der Waals surface area (Å²) in [5, 5.41) is 5.42. The number of anilines is 2. The number of hydrogen-bond donors (Lipinski definition) is 2. The average molecular weight is 305 g/mol. The Labute approximate surface area is 128 Å². The summed E-state index contributed by atoms with van der Waals surface area (Å²) in [5.41, 5.74) is 0. The molecule has 118 valence electrons. The number of amides is 2. The van der Waals surface area contributed by atoms with E-state index in [9.17, 15) is 9.59 Å². The first-order valence-electron chi connectivity index (χ1n) is 7.54. The highest BCUT2D eigenvalue weighted by atomic mass is 16.5. The molecule has 2 amide bonds. The second-order valence-corrected chi connectivity index (χ2v) is 5.39. The van der Waals surface area contributed by atoms with Gasteiger partial charge in [0.2, 0.25) is 0 Å². The Morgan fingerprint density at radius 1 is 0.955 bits per heavy atom. The summed E-state index contributed by atoms with van der Waals surface area (Å²) in [4.78, 5) is 28.2. The number of nitrogens with zero attached hydrogens (tertiary/aromatic N) is 1. The van der Waals surface area contributed by atoms with Crippen LogP contribution >= 0.6 is 0 Å². The van der Waals surface area contributed by atoms with Crippen LogP contribution in [0, 0.1) is 0 Å². The lowest BCUT2D eigenvalue weighted by Crippen LogP contribution is -2.28. The normalized spacial score (nSPS) is 24.2. The van der Waals surface area contributed by atoms with E-state index in [2.05, 4.69) is 15.6 Å². The molecular formula is C15H19N3O4. The summed E-state index contributed by atoms with van der Waals surface area (Å²) in [7, 11) is 0. The van der Waals surface area contributed by atoms with Gasteiger partial charge in [-0.15, -0.1) is 0 Å². The van der Waals surface area contributed by atoms with E-state index in [4.69, 9.17) is 9.47 Å². The van der Waals surface area contributed by atoms with E-state index in [-0.39, 0.29) is 11.8 Å². The fraction of sp³-hybridized carbons (Fsp3) is 0.533. The number of pyridine rings is 1. The van der Waals surface area contributed by atoms with Gasteiger partial charge in [-0.25, -0.2) is 4.98 Å². The molecule has 7 nitrogen and oxygen atoms in total. The minimum atomic E-state index is -0.410. The maximum Gasteiger partial charge on any atom is 0.254 e. The van der Waals surface area contributed by atoms with Crippen molar-refractivity contribution in [3.05, 3.63) is 18.2 Å². The highest BCUT2D eigenvalue weighted by Gasteiger charge is 2.25. The Morgan fingerprint density at radius 2 is 1.45 bits per heavy atom. The van der Waals surface area contributed by atoms with Crippen LogP contribution in [0.1, 0.15) is 25.7 Å². The van der Waals surface area contributed by atoms with Crippen LogP contribution in [-0.4, -0.2) is 42.2 Å². The predicted molar refractivity (Wildman–Crippen MR) is 79.4 cm³/mol. The summed E-state index contributed by atoms with van der Waals surface area (Å²) in [5.74, 6) is 0.386. The van der Waals surface area contributed by atoms with Gasteiger partial charge in [0.05, 0.1) is 0 Å². The summed E-state index contributed by atoms with van der Waals surface area (Å²) >= 11 is 0. The van der Waals surface area contributed by atoms with Crippen LogP contribution in [0.2, 0.25) is 0 Å². The van der Waals surface area contributed by atoms with E-state index in [0.29, 0.717) is 24.8 Å². The Kier molecular flexibility index (Phi) is 4.65. The lowest BCUT2D eigenvalue weighted by Gasteiger charge is -2.12. The zero-order chi connectivity index (χ0) is 15.4. The molecule has 22 heavy (non-hydrogen) atoms. The molecule has 0 spiro atoms. The van der Waals surface area contributed by atoms with E-state index in [1.54, 1.807) is 18.2 Å². The number of ether oxygens (including phenoxy) is 2. The Balaban J connectivity index is 1.59. The third kappa shape index (κ3) is 3.61. The fourth-order valence-corrected chi connectivity index (χ4v) is 2.56. The molecule has 2 fully saturated rings. The standard InChI is InChI=1S/C15H19N3O4/c19-14(10-4-2-8-21-10)17-12-6-1-7-13(16-12)18-15(20)11-5-3-9-22-11/h1,6-7,10-11H,2-5,8-9H2,(H2,16,17,18,19,20)/t10-,11-/m1/s1. The molecule has 1 aromatic heterocycles. The van der Waals surface area contributed by atoms with Crippen LogP contribution in [0.4, 0.5) is 11.6 Å². The smallest absolute Gasteiger partial charge is 0.254 e. The number of aromatic nitrogens is 1. The topological polar surface area (TPSA) is 89.6 Å². The number of rotatable bonds is 4. The van der Waals surface area contributed by atoms with Crippen molar-refractivity contribution in [3.8, 4) is 0 Å². The third-order valence-corrected chi connectivity index (χ3v) is 3.70. The largest absolute Gasteiger partial charge is 0.368 e. The number of hydrogen-bond acceptors (Lipinski definition) is 5. The van der Waals surface area contributed by atoms with Crippen molar-refractivity contribution < 1.29 is 19.1 Å². The molecule has 1 aromatic rings. The first kappa shape index (κ1) is 14.9. The third-order valence-electron chi connectivity index (χ3n) is 3.70. The highest BCUT2D eigenvalue weighted by molar-refractivity contribution is 5.95. The molecule has 2 aliphatic rings. The monoisotopic (exact) mass is 305 g/mol. The Bertz CT molecular complexity index is 506. The molecule has 2 saturated heterocycles. The van der Waals surface area contributed by atoms with E-state index in [1.165, 1.54) is 0 Å². The van der Waals surface area contributed by atoms with Crippen LogP contribution in [0.25, 0.3) is 0 Å². The van der Waals surface area contributed by atoms with Gasteiger partial charge >= 0.3 is 0 Å². The second-order valence-electron chi connectivity index (χ2n) is 5.39. The van der Waals surface area contributed by atoms with Crippen molar-refractivity contribution in [1.82, 2.24) is 4.98 Å². The number of carbonyl (C=O) groups is 2. The lowest BCUT2D eigenvalue weighted by atomic mass is 10.2. The summed E-state index contributed by atoms with van der Waals surface area (Å²) in [6, 6.07) is 5.08. The van der Waals surface area contributed by atoms with Gasteiger partial charge in [0, 0.05) is 13.2 Å². The molecule has 0 aliphatic carbocycles. The molecule has 0 aromatic carbocycles. The van der Waals surface area contributed by atoms with Crippen molar-refractivity contribution in [2.45, 2.75) is 37.9 Å². The average Bonchev–Trinajstić information content (AvgIpc) is 3.21. The van der Waals surface area contributed by atoms with E-state index in [1.807, 2.05) is 0 Å². The zero-order valence-corrected chi connectivity index (χ0v) is 12.2. The molecule has 0 radical (unpaired) electrons. The van der Waals surface area contributed by atoms with Gasteiger partial charge in [-0.3, -0.25) is 9.59 Å². The molecule has 2 atom stereocenters. The van der Waals surface area contributed by atoms with Gasteiger partial charge in [-0.2, -0.15) is 0 Å². The van der Waals surface area contributed by atoms with Crippen LogP contribution in [0.5, 0.6) is 0 Å². The molecule has 2 N–H and O–H groups in total. The van der Waals surface area contributed by atoms with Gasteiger partial charge in [0.1, 0.15) is 23.8 Å². The van der Waals surface area contributed by atoms with Gasteiger partial charge in [0.25, 0.3) is 11.8 Å². The Morgan fingerprint density at radius 3 is 1.86 bits per heavy atom. The molecule has 3 rings (SSSR count). The van der Waals surface area contributed by atoms with Crippen LogP contribution in [0.15, 0.2) is 18.2 Å². The molecule has 2 aliphatic heterocycles. The van der Waals surface area contributed by atoms with Crippen molar-refractivity contribution in [2.24, 2.45) is 0 Å². The molecular weight excluding hydrogens is 286 g/mol. The minimum absolute atomic E-state index is 0.201. The van der Waals surface area contributed by atoms with Gasteiger partial charge in [-0.05, 0) is 37.8 Å². The van der Waals surface area contributed by atoms with Crippen molar-refractivity contribution in [3.63, 3.8) is 0 Å². The molecule has 0 unspecified atom stereocenters. The van der Waals surface area contributed by atoms with Crippen molar-refractivity contribution in [2.75, 3.05) is 23.8 Å². The summed E-state index contributed by atoms with van der Waals surface area (Å²) in [6.07, 6.45) is 2.41. The lowest BCUT2D eigenvalue weighted by molar-refractivity contribution is -0.125. The zero-order valence-electron chi connectivity index (χ0n) is 12.2. The molecule has 7 heteroatoms. The van der Waals surface area contributed by atoms with E-state index >= 15 is 0 Å². The van der Waals surface area contributed by atoms with Crippen molar-refractivity contribution in [1.29, 1.82) is 0 Å². The van der Waals surface area contributed by atoms with Gasteiger partial charge < -0.3 is 20.1 Å². The minimum Gasteiger partial charge on any atom is -0.368 e. The molecule has 0 bridgehead atoms. The SMILES string of the molecule is O=C(Nc1cccc(NC(=O)[C@H]2CCCO2)n1)[C@H]1CCCO1. The number of nitrogens with one attached hydrogen (secondary N) is 2. The van der Waals surface area contributed by atoms with E-state index < -0.39 is 12.2 Å². The quantitative estimate of drug-likeness (QED) is 0.875. The maximum absolute atomic E-state index is 12.0. The second kappa shape index (κ2) is 6.85.